The smallest absolute Gasteiger partial charge is 0.230 e. The maximum atomic E-state index is 13.1. The number of carbonyl (C=O) groups excluding carboxylic acids is 1. The summed E-state index contributed by atoms with van der Waals surface area (Å²) in [5.74, 6) is 0.755. The zero-order chi connectivity index (χ0) is 15.9. The molecule has 2 aliphatic rings. The number of rotatable bonds is 5. The van der Waals surface area contributed by atoms with Crippen molar-refractivity contribution in [3.05, 3.63) is 16.1 Å². The van der Waals surface area contributed by atoms with Gasteiger partial charge >= 0.3 is 0 Å². The molecule has 1 aromatic heterocycles. The first-order chi connectivity index (χ1) is 10.5. The van der Waals surface area contributed by atoms with Gasteiger partial charge in [-0.15, -0.1) is 11.3 Å². The first kappa shape index (κ1) is 15.9. The van der Waals surface area contributed by atoms with Crippen molar-refractivity contribution < 1.29 is 4.79 Å². The summed E-state index contributed by atoms with van der Waals surface area (Å²) in [6, 6.07) is 0.924. The fraction of sp³-hybridized carbons (Fsp3) is 0.765. The lowest BCUT2D eigenvalue weighted by molar-refractivity contribution is -0.143. The van der Waals surface area contributed by atoms with E-state index in [2.05, 4.69) is 36.5 Å². The molecule has 1 N–H and O–H groups in total. The van der Waals surface area contributed by atoms with E-state index in [-0.39, 0.29) is 5.41 Å². The van der Waals surface area contributed by atoms with Crippen molar-refractivity contribution in [1.82, 2.24) is 15.2 Å². The molecule has 3 heterocycles. The van der Waals surface area contributed by atoms with Gasteiger partial charge in [0.05, 0.1) is 22.7 Å². The maximum absolute atomic E-state index is 13.1. The first-order valence-corrected chi connectivity index (χ1v) is 9.30. The molecule has 0 radical (unpaired) electrons. The predicted molar refractivity (Wildman–Crippen MR) is 90.0 cm³/mol. The molecule has 2 saturated heterocycles. The van der Waals surface area contributed by atoms with Crippen LogP contribution in [-0.2, 0) is 11.3 Å². The lowest BCUT2D eigenvalue weighted by Crippen LogP contribution is -2.48. The molecule has 2 aliphatic heterocycles. The Bertz CT molecular complexity index is 556. The highest BCUT2D eigenvalue weighted by molar-refractivity contribution is 7.09. The second-order valence-corrected chi connectivity index (χ2v) is 8.09. The standard InChI is InChI=1S/C17H27N3OS/c1-5-17(8-12-6-7-14(17)18-12)16(21)20(4)9-13-10-22-15(19-13)11(2)3/h10-12,14,18H,5-9H2,1-4H3/t12-,14+,17+/m0/s1. The number of aromatic nitrogens is 1. The Morgan fingerprint density at radius 3 is 2.82 bits per heavy atom. The molecule has 122 valence electrons. The number of hydrogen-bond acceptors (Lipinski definition) is 4. The zero-order valence-corrected chi connectivity index (χ0v) is 14.9. The van der Waals surface area contributed by atoms with Crippen molar-refractivity contribution in [2.24, 2.45) is 5.41 Å². The Balaban J connectivity index is 1.71. The first-order valence-electron chi connectivity index (χ1n) is 8.42. The number of fused-ring (bicyclic) bond motifs is 2. The fourth-order valence-corrected chi connectivity index (χ4v) is 4.96. The molecule has 2 bridgehead atoms. The Labute approximate surface area is 137 Å². The monoisotopic (exact) mass is 321 g/mol. The molecular weight excluding hydrogens is 294 g/mol. The normalized spacial score (nSPS) is 30.2. The van der Waals surface area contributed by atoms with Crippen LogP contribution in [0.3, 0.4) is 0 Å². The Morgan fingerprint density at radius 2 is 2.32 bits per heavy atom. The molecule has 1 amide bonds. The molecule has 3 rings (SSSR count). The molecule has 1 aromatic rings. The third-order valence-corrected chi connectivity index (χ3v) is 6.58. The molecule has 0 aromatic carbocycles. The van der Waals surface area contributed by atoms with Gasteiger partial charge in [-0.05, 0) is 25.7 Å². The van der Waals surface area contributed by atoms with E-state index in [1.54, 1.807) is 11.3 Å². The minimum atomic E-state index is -0.186. The molecule has 22 heavy (non-hydrogen) atoms. The summed E-state index contributed by atoms with van der Waals surface area (Å²) >= 11 is 1.70. The lowest BCUT2D eigenvalue weighted by atomic mass is 9.71. The van der Waals surface area contributed by atoms with Crippen LogP contribution in [0.1, 0.15) is 63.1 Å². The van der Waals surface area contributed by atoms with Crippen LogP contribution in [0.4, 0.5) is 0 Å². The SMILES string of the molecule is CC[C@@]1(C(=O)N(C)Cc2csc(C(C)C)n2)C[C@@H]2CC[C@H]1N2. The fourth-order valence-electron chi connectivity index (χ4n) is 4.13. The van der Waals surface area contributed by atoms with Crippen molar-refractivity contribution in [1.29, 1.82) is 0 Å². The minimum Gasteiger partial charge on any atom is -0.339 e. The highest BCUT2D eigenvalue weighted by Gasteiger charge is 2.55. The molecule has 0 saturated carbocycles. The van der Waals surface area contributed by atoms with Gasteiger partial charge in [-0.3, -0.25) is 4.79 Å². The molecule has 4 nitrogen and oxygen atoms in total. The van der Waals surface area contributed by atoms with E-state index in [9.17, 15) is 4.79 Å². The molecule has 0 aliphatic carbocycles. The van der Waals surface area contributed by atoms with Gasteiger partial charge in [0.2, 0.25) is 5.91 Å². The van der Waals surface area contributed by atoms with Crippen LogP contribution >= 0.6 is 11.3 Å². The zero-order valence-electron chi connectivity index (χ0n) is 14.1. The van der Waals surface area contributed by atoms with Gasteiger partial charge < -0.3 is 10.2 Å². The lowest BCUT2D eigenvalue weighted by Gasteiger charge is -2.37. The maximum Gasteiger partial charge on any atom is 0.230 e. The summed E-state index contributed by atoms with van der Waals surface area (Å²) in [4.78, 5) is 19.7. The highest BCUT2D eigenvalue weighted by Crippen LogP contribution is 2.46. The van der Waals surface area contributed by atoms with Crippen molar-refractivity contribution >= 4 is 17.2 Å². The summed E-state index contributed by atoms with van der Waals surface area (Å²) in [6.45, 7) is 7.10. The Hall–Kier alpha value is -0.940. The summed E-state index contributed by atoms with van der Waals surface area (Å²) in [5.41, 5.74) is 0.834. The second-order valence-electron chi connectivity index (χ2n) is 7.20. The summed E-state index contributed by atoms with van der Waals surface area (Å²) in [6.07, 6.45) is 4.31. The minimum absolute atomic E-state index is 0.186. The van der Waals surface area contributed by atoms with E-state index in [1.165, 1.54) is 6.42 Å². The molecular formula is C17H27N3OS. The van der Waals surface area contributed by atoms with Crippen molar-refractivity contribution in [3.63, 3.8) is 0 Å². The summed E-state index contributed by atoms with van der Waals surface area (Å²) in [5, 5.41) is 6.88. The van der Waals surface area contributed by atoms with E-state index in [0.29, 0.717) is 30.5 Å². The molecule has 0 spiro atoms. The van der Waals surface area contributed by atoms with E-state index in [4.69, 9.17) is 0 Å². The number of carbonyl (C=O) groups is 1. The molecule has 0 unspecified atom stereocenters. The van der Waals surface area contributed by atoms with E-state index in [1.807, 2.05) is 11.9 Å². The van der Waals surface area contributed by atoms with Crippen LogP contribution in [0.5, 0.6) is 0 Å². The van der Waals surface area contributed by atoms with Gasteiger partial charge in [-0.2, -0.15) is 0 Å². The third kappa shape index (κ3) is 2.58. The number of nitrogens with zero attached hydrogens (tertiary/aromatic N) is 2. The van der Waals surface area contributed by atoms with E-state index >= 15 is 0 Å². The van der Waals surface area contributed by atoms with Gasteiger partial charge in [-0.1, -0.05) is 20.8 Å². The van der Waals surface area contributed by atoms with E-state index in [0.717, 1.165) is 30.0 Å². The summed E-state index contributed by atoms with van der Waals surface area (Å²) < 4.78 is 0. The van der Waals surface area contributed by atoms with Crippen LogP contribution in [0, 0.1) is 5.41 Å². The van der Waals surface area contributed by atoms with Gasteiger partial charge in [-0.25, -0.2) is 4.98 Å². The van der Waals surface area contributed by atoms with Crippen molar-refractivity contribution in [2.45, 2.75) is 71.0 Å². The highest BCUT2D eigenvalue weighted by atomic mass is 32.1. The topological polar surface area (TPSA) is 45.2 Å². The third-order valence-electron chi connectivity index (χ3n) is 5.38. The predicted octanol–water partition coefficient (Wildman–Crippen LogP) is 3.15. The van der Waals surface area contributed by atoms with Crippen LogP contribution in [0.15, 0.2) is 5.38 Å². The van der Waals surface area contributed by atoms with E-state index < -0.39 is 0 Å². The quantitative estimate of drug-likeness (QED) is 0.906. The van der Waals surface area contributed by atoms with Gasteiger partial charge in [0, 0.05) is 30.4 Å². The van der Waals surface area contributed by atoms with Gasteiger partial charge in [0.1, 0.15) is 0 Å². The Kier molecular flexibility index (Phi) is 4.29. The van der Waals surface area contributed by atoms with Crippen LogP contribution < -0.4 is 5.32 Å². The Morgan fingerprint density at radius 1 is 1.55 bits per heavy atom. The number of thiazole rings is 1. The van der Waals surface area contributed by atoms with Crippen LogP contribution in [0.2, 0.25) is 0 Å². The van der Waals surface area contributed by atoms with Crippen molar-refractivity contribution in [3.8, 4) is 0 Å². The molecule has 2 fully saturated rings. The number of nitrogens with one attached hydrogen (secondary N) is 1. The average Bonchev–Trinajstić information content (AvgIpc) is 3.21. The molecule has 5 heteroatoms. The van der Waals surface area contributed by atoms with Crippen LogP contribution in [-0.4, -0.2) is 34.9 Å². The summed E-state index contributed by atoms with van der Waals surface area (Å²) in [7, 11) is 1.93. The number of hydrogen-bond donors (Lipinski definition) is 1. The van der Waals surface area contributed by atoms with Gasteiger partial charge in [0.15, 0.2) is 0 Å². The van der Waals surface area contributed by atoms with Crippen molar-refractivity contribution in [2.75, 3.05) is 7.05 Å². The number of amides is 1. The van der Waals surface area contributed by atoms with Crippen LogP contribution in [0.25, 0.3) is 0 Å². The molecule has 3 atom stereocenters. The van der Waals surface area contributed by atoms with Gasteiger partial charge in [0.25, 0.3) is 0 Å². The second kappa shape index (κ2) is 5.93. The average molecular weight is 321 g/mol. The largest absolute Gasteiger partial charge is 0.339 e.